The van der Waals surface area contributed by atoms with Crippen LogP contribution in [0.25, 0.3) is 0 Å². The molecule has 0 unspecified atom stereocenters. The average molecular weight is 251 g/mol. The van der Waals surface area contributed by atoms with Crippen molar-refractivity contribution < 1.29 is 4.79 Å². The number of nitrogens with one attached hydrogen (secondary N) is 1. The van der Waals surface area contributed by atoms with Crippen LogP contribution in [0.5, 0.6) is 0 Å². The largest absolute Gasteiger partial charge is 0.396 e. The Hall–Kier alpha value is -2.01. The number of anilines is 2. The quantitative estimate of drug-likeness (QED) is 0.872. The van der Waals surface area contributed by atoms with Crippen molar-refractivity contribution in [2.75, 3.05) is 11.1 Å². The predicted molar refractivity (Wildman–Crippen MR) is 66.7 cm³/mol. The molecule has 1 heterocycles. The molecule has 1 amide bonds. The van der Waals surface area contributed by atoms with Gasteiger partial charge in [0, 0.05) is 16.9 Å². The van der Waals surface area contributed by atoms with Crippen molar-refractivity contribution in [2.24, 2.45) is 0 Å². The van der Waals surface area contributed by atoms with Gasteiger partial charge in [-0.2, -0.15) is 5.10 Å². The summed E-state index contributed by atoms with van der Waals surface area (Å²) in [5.74, 6) is -0.171. The van der Waals surface area contributed by atoms with Crippen molar-refractivity contribution in [3.8, 4) is 0 Å². The van der Waals surface area contributed by atoms with E-state index in [4.69, 9.17) is 17.3 Å². The van der Waals surface area contributed by atoms with Gasteiger partial charge in [0.1, 0.15) is 6.54 Å². The number of nitrogens with zero attached hydrogens (tertiary/aromatic N) is 2. The van der Waals surface area contributed by atoms with Crippen molar-refractivity contribution in [1.29, 1.82) is 0 Å². The van der Waals surface area contributed by atoms with Gasteiger partial charge in [-0.3, -0.25) is 9.48 Å². The van der Waals surface area contributed by atoms with E-state index in [1.807, 2.05) is 0 Å². The Labute approximate surface area is 103 Å². The first-order chi connectivity index (χ1) is 8.13. The van der Waals surface area contributed by atoms with Gasteiger partial charge >= 0.3 is 0 Å². The van der Waals surface area contributed by atoms with Crippen molar-refractivity contribution >= 4 is 28.9 Å². The molecule has 0 saturated carbocycles. The van der Waals surface area contributed by atoms with Gasteiger partial charge in [-0.15, -0.1) is 0 Å². The molecule has 6 heteroatoms. The summed E-state index contributed by atoms with van der Waals surface area (Å²) in [5.41, 5.74) is 6.72. The molecule has 17 heavy (non-hydrogen) atoms. The van der Waals surface area contributed by atoms with Gasteiger partial charge in [0.2, 0.25) is 5.91 Å². The maximum atomic E-state index is 11.6. The summed E-state index contributed by atoms with van der Waals surface area (Å²) in [7, 11) is 0. The number of amides is 1. The Balaban J connectivity index is 1.95. The summed E-state index contributed by atoms with van der Waals surface area (Å²) in [5, 5.41) is 7.28. The number of carbonyl (C=O) groups excluding carboxylic acids is 1. The first-order valence-electron chi connectivity index (χ1n) is 4.97. The van der Waals surface area contributed by atoms with Crippen LogP contribution in [0.3, 0.4) is 0 Å². The van der Waals surface area contributed by atoms with E-state index >= 15 is 0 Å². The molecule has 88 valence electrons. The number of carbonyl (C=O) groups is 1. The fourth-order valence-electron chi connectivity index (χ4n) is 1.35. The lowest BCUT2D eigenvalue weighted by Gasteiger charge is -2.05. The number of aromatic nitrogens is 2. The molecular weight excluding hydrogens is 240 g/mol. The first kappa shape index (κ1) is 11.5. The zero-order valence-corrected chi connectivity index (χ0v) is 9.69. The standard InChI is InChI=1S/C11H11ClN4O/c12-8-1-3-10(4-2-8)15-11(17)7-16-6-9(13)5-14-16/h1-6H,7,13H2,(H,15,17). The van der Waals surface area contributed by atoms with Crippen LogP contribution in [0.4, 0.5) is 11.4 Å². The summed E-state index contributed by atoms with van der Waals surface area (Å²) in [4.78, 5) is 11.6. The molecule has 0 atom stereocenters. The minimum atomic E-state index is -0.171. The summed E-state index contributed by atoms with van der Waals surface area (Å²) in [6, 6.07) is 6.89. The molecule has 0 saturated heterocycles. The van der Waals surface area contributed by atoms with Crippen molar-refractivity contribution in [3.63, 3.8) is 0 Å². The molecule has 5 nitrogen and oxygen atoms in total. The summed E-state index contributed by atoms with van der Waals surface area (Å²) in [6.45, 7) is 0.125. The summed E-state index contributed by atoms with van der Waals surface area (Å²) in [6.07, 6.45) is 3.09. The van der Waals surface area contributed by atoms with E-state index in [0.717, 1.165) is 0 Å². The molecular formula is C11H11ClN4O. The molecule has 1 aromatic heterocycles. The van der Waals surface area contributed by atoms with E-state index in [1.54, 1.807) is 30.5 Å². The van der Waals surface area contributed by atoms with E-state index in [2.05, 4.69) is 10.4 Å². The second-order valence-corrected chi connectivity index (χ2v) is 3.96. The van der Waals surface area contributed by atoms with Crippen LogP contribution in [0.1, 0.15) is 0 Å². The lowest BCUT2D eigenvalue weighted by molar-refractivity contribution is -0.116. The molecule has 0 bridgehead atoms. The number of halogens is 1. The monoisotopic (exact) mass is 250 g/mol. The third kappa shape index (κ3) is 3.22. The van der Waals surface area contributed by atoms with Crippen LogP contribution in [-0.2, 0) is 11.3 Å². The van der Waals surface area contributed by atoms with Gasteiger partial charge < -0.3 is 11.1 Å². The third-order valence-electron chi connectivity index (χ3n) is 2.09. The molecule has 2 aromatic rings. The highest BCUT2D eigenvalue weighted by atomic mass is 35.5. The lowest BCUT2D eigenvalue weighted by atomic mass is 10.3. The Morgan fingerprint density at radius 2 is 2.12 bits per heavy atom. The number of hydrogen-bond acceptors (Lipinski definition) is 3. The van der Waals surface area contributed by atoms with Crippen molar-refractivity contribution in [1.82, 2.24) is 9.78 Å². The molecule has 2 rings (SSSR count). The Bertz CT molecular complexity index is 521. The second-order valence-electron chi connectivity index (χ2n) is 3.53. The predicted octanol–water partition coefficient (Wildman–Crippen LogP) is 1.76. The maximum absolute atomic E-state index is 11.6. The Morgan fingerprint density at radius 1 is 1.41 bits per heavy atom. The van der Waals surface area contributed by atoms with Crippen LogP contribution in [0.2, 0.25) is 5.02 Å². The second kappa shape index (κ2) is 4.88. The van der Waals surface area contributed by atoms with Gasteiger partial charge in [-0.05, 0) is 24.3 Å². The molecule has 3 N–H and O–H groups in total. The third-order valence-corrected chi connectivity index (χ3v) is 2.34. The normalized spacial score (nSPS) is 10.2. The fraction of sp³-hybridized carbons (Fsp3) is 0.0909. The molecule has 0 spiro atoms. The Morgan fingerprint density at radius 3 is 2.71 bits per heavy atom. The molecule has 1 aromatic carbocycles. The van der Waals surface area contributed by atoms with Gasteiger partial charge in [0.05, 0.1) is 11.9 Å². The number of hydrogen-bond donors (Lipinski definition) is 2. The molecule has 0 radical (unpaired) electrons. The molecule has 0 aliphatic rings. The minimum absolute atomic E-state index is 0.125. The van der Waals surface area contributed by atoms with E-state index in [-0.39, 0.29) is 12.5 Å². The van der Waals surface area contributed by atoms with E-state index < -0.39 is 0 Å². The first-order valence-corrected chi connectivity index (χ1v) is 5.34. The van der Waals surface area contributed by atoms with Crippen LogP contribution < -0.4 is 11.1 Å². The maximum Gasteiger partial charge on any atom is 0.246 e. The number of rotatable bonds is 3. The highest BCUT2D eigenvalue weighted by Gasteiger charge is 2.04. The minimum Gasteiger partial charge on any atom is -0.396 e. The number of nitrogen functional groups attached to an aromatic ring is 1. The molecule has 0 aliphatic heterocycles. The van der Waals surface area contributed by atoms with Crippen LogP contribution >= 0.6 is 11.6 Å². The SMILES string of the molecule is Nc1cnn(CC(=O)Nc2ccc(Cl)cc2)c1. The Kier molecular flexibility index (Phi) is 3.30. The van der Waals surface area contributed by atoms with E-state index in [9.17, 15) is 4.79 Å². The average Bonchev–Trinajstić information content (AvgIpc) is 2.67. The van der Waals surface area contributed by atoms with Crippen molar-refractivity contribution in [2.45, 2.75) is 6.54 Å². The van der Waals surface area contributed by atoms with Gasteiger partial charge in [-0.25, -0.2) is 0 Å². The summed E-state index contributed by atoms with van der Waals surface area (Å²) >= 11 is 5.74. The topological polar surface area (TPSA) is 72.9 Å². The van der Waals surface area contributed by atoms with Crippen LogP contribution in [-0.4, -0.2) is 15.7 Å². The van der Waals surface area contributed by atoms with Crippen molar-refractivity contribution in [3.05, 3.63) is 41.7 Å². The van der Waals surface area contributed by atoms with Gasteiger partial charge in [0.15, 0.2) is 0 Å². The van der Waals surface area contributed by atoms with E-state index in [0.29, 0.717) is 16.4 Å². The molecule has 0 aliphatic carbocycles. The highest BCUT2D eigenvalue weighted by Crippen LogP contribution is 2.13. The lowest BCUT2D eigenvalue weighted by Crippen LogP contribution is -2.18. The zero-order valence-electron chi connectivity index (χ0n) is 8.93. The van der Waals surface area contributed by atoms with Crippen LogP contribution in [0.15, 0.2) is 36.7 Å². The zero-order chi connectivity index (χ0) is 12.3. The number of benzene rings is 1. The number of nitrogens with two attached hydrogens (primary N) is 1. The van der Waals surface area contributed by atoms with Gasteiger partial charge in [-0.1, -0.05) is 11.6 Å². The van der Waals surface area contributed by atoms with Gasteiger partial charge in [0.25, 0.3) is 0 Å². The smallest absolute Gasteiger partial charge is 0.246 e. The highest BCUT2D eigenvalue weighted by molar-refractivity contribution is 6.30. The molecule has 0 fully saturated rings. The summed E-state index contributed by atoms with van der Waals surface area (Å²) < 4.78 is 1.47. The van der Waals surface area contributed by atoms with E-state index in [1.165, 1.54) is 10.9 Å². The fourth-order valence-corrected chi connectivity index (χ4v) is 1.47. The van der Waals surface area contributed by atoms with Crippen LogP contribution in [0, 0.1) is 0 Å².